The molecule has 4 atom stereocenters. The van der Waals surface area contributed by atoms with Gasteiger partial charge < -0.3 is 14.3 Å². The second-order valence-electron chi connectivity index (χ2n) is 12.3. The van der Waals surface area contributed by atoms with Crippen molar-refractivity contribution in [1.29, 1.82) is 0 Å². The number of hydrogen-bond acceptors (Lipinski definition) is 8. The number of para-hydroxylation sites is 2. The Morgan fingerprint density at radius 3 is 2.51 bits per heavy atom. The van der Waals surface area contributed by atoms with Gasteiger partial charge in [-0.05, 0) is 102 Å². The highest BCUT2D eigenvalue weighted by Crippen LogP contribution is 2.56. The topological polar surface area (TPSA) is 127 Å². The molecule has 0 unspecified atom stereocenters. The number of anilines is 1. The van der Waals surface area contributed by atoms with E-state index in [4.69, 9.17) is 9.15 Å². The first kappa shape index (κ1) is 29.3. The summed E-state index contributed by atoms with van der Waals surface area (Å²) in [5, 5.41) is 10.5. The summed E-state index contributed by atoms with van der Waals surface area (Å²) in [6.07, 6.45) is 3.81. The Morgan fingerprint density at radius 1 is 1.00 bits per heavy atom. The molecule has 4 aliphatic rings. The number of ether oxygens (including phenoxy) is 1. The van der Waals surface area contributed by atoms with Crippen LogP contribution < -0.4 is 9.64 Å². The van der Waals surface area contributed by atoms with Crippen LogP contribution in [-0.2, 0) is 19.2 Å². The van der Waals surface area contributed by atoms with Crippen LogP contribution in [0.1, 0.15) is 31.2 Å². The third-order valence-corrected chi connectivity index (χ3v) is 10.4. The molecule has 0 saturated carbocycles. The summed E-state index contributed by atoms with van der Waals surface area (Å²) in [6, 6.07) is 17.8. The van der Waals surface area contributed by atoms with E-state index in [1.54, 1.807) is 43.3 Å². The van der Waals surface area contributed by atoms with E-state index in [0.29, 0.717) is 55.9 Å². The second-order valence-corrected chi connectivity index (χ2v) is 13.2. The molecule has 0 radical (unpaired) electrons. The number of carbonyl (C=O) groups is 4. The van der Waals surface area contributed by atoms with Gasteiger partial charge in [0.15, 0.2) is 28.6 Å². The van der Waals surface area contributed by atoms with E-state index in [-0.39, 0.29) is 41.3 Å². The molecule has 9 nitrogen and oxygen atoms in total. The van der Waals surface area contributed by atoms with Crippen molar-refractivity contribution in [2.75, 3.05) is 12.0 Å². The normalized spacial score (nSPS) is 23.9. The summed E-state index contributed by atoms with van der Waals surface area (Å²) in [5.41, 5.74) is 5.06. The number of allylic oxidation sites excluding steroid dienone is 6. The van der Waals surface area contributed by atoms with Gasteiger partial charge in [-0.3, -0.25) is 24.1 Å². The van der Waals surface area contributed by atoms with Crippen molar-refractivity contribution in [1.82, 2.24) is 4.98 Å². The minimum atomic E-state index is -0.715. The average molecular weight is 692 g/mol. The number of ketones is 2. The van der Waals surface area contributed by atoms with Crippen LogP contribution >= 0.6 is 15.9 Å². The van der Waals surface area contributed by atoms with E-state index in [1.807, 2.05) is 30.3 Å². The first-order valence-corrected chi connectivity index (χ1v) is 16.1. The lowest BCUT2D eigenvalue weighted by Gasteiger charge is -2.42. The molecule has 2 heterocycles. The van der Waals surface area contributed by atoms with Gasteiger partial charge in [0.25, 0.3) is 0 Å². The van der Waals surface area contributed by atoms with Gasteiger partial charge in [-0.15, -0.1) is 0 Å². The fourth-order valence-corrected chi connectivity index (χ4v) is 8.14. The Labute approximate surface area is 277 Å². The molecule has 4 aromatic rings. The van der Waals surface area contributed by atoms with Gasteiger partial charge in [-0.2, -0.15) is 0 Å². The standard InChI is InChI=1S/C37H27BrN2O7/c1-17-13-27(41)32-24(33(17)42)16-23-21(30(32)19-14-25(38)34(43)29(15-19)46-2)11-12-22-31(23)37(45)40(36(22)44)20-9-7-18(8-10-20)35-39-26-5-3-4-6-28(26)47-35/h3-11,13-15,22-23,30-31,43H,12,16H2,1-2H3/t22-,23+,30-,31-/m0/s1. The minimum Gasteiger partial charge on any atom is -0.503 e. The molecule has 8 rings (SSSR count). The van der Waals surface area contributed by atoms with Crippen LogP contribution in [0.25, 0.3) is 22.6 Å². The van der Waals surface area contributed by atoms with Gasteiger partial charge in [0.05, 0.1) is 29.1 Å². The molecule has 0 bridgehead atoms. The number of aromatic hydroxyl groups is 1. The van der Waals surface area contributed by atoms with Crippen LogP contribution in [0.4, 0.5) is 5.69 Å². The quantitative estimate of drug-likeness (QED) is 0.144. The maximum atomic E-state index is 14.3. The molecule has 1 N–H and O–H groups in total. The van der Waals surface area contributed by atoms with E-state index in [2.05, 4.69) is 20.9 Å². The molecular formula is C37H27BrN2O7. The summed E-state index contributed by atoms with van der Waals surface area (Å²) in [7, 11) is 1.43. The van der Waals surface area contributed by atoms with Crippen LogP contribution in [0.2, 0.25) is 0 Å². The van der Waals surface area contributed by atoms with Crippen molar-refractivity contribution in [3.63, 3.8) is 0 Å². The Hall–Kier alpha value is -5.09. The number of rotatable bonds is 4. The Morgan fingerprint density at radius 2 is 1.77 bits per heavy atom. The summed E-state index contributed by atoms with van der Waals surface area (Å²) in [5.74, 6) is -3.05. The molecule has 3 aromatic carbocycles. The summed E-state index contributed by atoms with van der Waals surface area (Å²) >= 11 is 3.40. The lowest BCUT2D eigenvalue weighted by Crippen LogP contribution is -2.39. The lowest BCUT2D eigenvalue weighted by molar-refractivity contribution is -0.123. The average Bonchev–Trinajstić information content (AvgIpc) is 3.62. The number of aromatic nitrogens is 1. The summed E-state index contributed by atoms with van der Waals surface area (Å²) in [6.45, 7) is 1.62. The molecule has 1 fully saturated rings. The van der Waals surface area contributed by atoms with E-state index in [1.165, 1.54) is 18.1 Å². The van der Waals surface area contributed by atoms with Gasteiger partial charge in [-0.1, -0.05) is 23.8 Å². The monoisotopic (exact) mass is 690 g/mol. The fraction of sp³-hybridized carbons (Fsp3) is 0.216. The van der Waals surface area contributed by atoms with Crippen molar-refractivity contribution in [3.8, 4) is 23.0 Å². The number of fused-ring (bicyclic) bond motifs is 4. The molecule has 47 heavy (non-hydrogen) atoms. The van der Waals surface area contributed by atoms with Gasteiger partial charge in [0.2, 0.25) is 17.7 Å². The third-order valence-electron chi connectivity index (χ3n) is 9.83. The van der Waals surface area contributed by atoms with E-state index in [0.717, 1.165) is 11.1 Å². The fourth-order valence-electron chi connectivity index (χ4n) is 7.68. The number of methoxy groups -OCH3 is 1. The number of phenolic OH excluding ortho intramolecular Hbond substituents is 1. The zero-order valence-electron chi connectivity index (χ0n) is 25.3. The Balaban J connectivity index is 1.18. The predicted molar refractivity (Wildman–Crippen MR) is 176 cm³/mol. The highest BCUT2D eigenvalue weighted by molar-refractivity contribution is 9.10. The molecule has 3 aliphatic carbocycles. The van der Waals surface area contributed by atoms with E-state index < -0.39 is 23.7 Å². The minimum absolute atomic E-state index is 0.0911. The van der Waals surface area contributed by atoms with Crippen LogP contribution in [0.3, 0.4) is 0 Å². The van der Waals surface area contributed by atoms with Crippen LogP contribution in [0.15, 0.2) is 104 Å². The number of phenols is 1. The van der Waals surface area contributed by atoms with Crippen LogP contribution in [0.5, 0.6) is 11.5 Å². The number of benzene rings is 3. The van der Waals surface area contributed by atoms with Gasteiger partial charge in [0.1, 0.15) is 5.52 Å². The molecule has 1 aromatic heterocycles. The Bertz CT molecular complexity index is 2140. The van der Waals surface area contributed by atoms with Crippen LogP contribution in [0, 0.1) is 17.8 Å². The zero-order valence-corrected chi connectivity index (χ0v) is 26.9. The number of halogens is 1. The van der Waals surface area contributed by atoms with E-state index in [9.17, 15) is 24.3 Å². The second kappa shape index (κ2) is 10.7. The predicted octanol–water partition coefficient (Wildman–Crippen LogP) is 6.61. The summed E-state index contributed by atoms with van der Waals surface area (Å²) < 4.78 is 11.7. The third kappa shape index (κ3) is 4.38. The first-order valence-electron chi connectivity index (χ1n) is 15.3. The first-order chi connectivity index (χ1) is 22.7. The molecule has 1 saturated heterocycles. The number of imide groups is 1. The number of carbonyl (C=O) groups excluding carboxylic acids is 4. The van der Waals surface area contributed by atoms with Gasteiger partial charge in [-0.25, -0.2) is 4.98 Å². The molecule has 2 amide bonds. The highest BCUT2D eigenvalue weighted by Gasteiger charge is 2.56. The molecule has 1 aliphatic heterocycles. The summed E-state index contributed by atoms with van der Waals surface area (Å²) in [4.78, 5) is 61.2. The molecule has 0 spiro atoms. The SMILES string of the molecule is COc1cc([C@H]2C3=CC[C@@H]4C(=O)N(c5ccc(-c6nc7ccccc7o6)cc5)C(=O)[C@@H]4[C@@H]3CC3=C2C(=O)C=C(C)C3=O)cc(Br)c1O. The van der Waals surface area contributed by atoms with Crippen LogP contribution in [-0.4, -0.2) is 40.6 Å². The van der Waals surface area contributed by atoms with E-state index >= 15 is 0 Å². The Kier molecular flexibility index (Phi) is 6.70. The van der Waals surface area contributed by atoms with Crippen molar-refractivity contribution >= 4 is 56.1 Å². The maximum absolute atomic E-state index is 14.3. The van der Waals surface area contributed by atoms with Gasteiger partial charge >= 0.3 is 0 Å². The highest BCUT2D eigenvalue weighted by atomic mass is 79.9. The lowest BCUT2D eigenvalue weighted by atomic mass is 9.59. The number of hydrogen-bond donors (Lipinski definition) is 1. The molecule has 10 heteroatoms. The van der Waals surface area contributed by atoms with Crippen molar-refractivity contribution in [2.24, 2.45) is 17.8 Å². The zero-order chi connectivity index (χ0) is 32.7. The largest absolute Gasteiger partial charge is 0.503 e. The van der Waals surface area contributed by atoms with Crippen molar-refractivity contribution in [2.45, 2.75) is 25.7 Å². The maximum Gasteiger partial charge on any atom is 0.238 e. The number of amides is 2. The van der Waals surface area contributed by atoms with Gasteiger partial charge in [0, 0.05) is 28.2 Å². The number of Topliss-reactive ketones (excluding diaryl/α,β-unsaturated/α-hetero) is 1. The smallest absolute Gasteiger partial charge is 0.238 e. The number of nitrogens with zero attached hydrogens (tertiary/aromatic N) is 2. The van der Waals surface area contributed by atoms with Crippen molar-refractivity contribution < 1.29 is 33.4 Å². The number of oxazole rings is 1. The molecule has 234 valence electrons. The molecular weight excluding hydrogens is 664 g/mol. The van der Waals surface area contributed by atoms with Crippen molar-refractivity contribution in [3.05, 3.63) is 105 Å².